The molecule has 9 heteroatoms. The van der Waals surface area contributed by atoms with Gasteiger partial charge < -0.3 is 9.84 Å². The number of aromatic nitrogens is 2. The van der Waals surface area contributed by atoms with Crippen molar-refractivity contribution in [3.05, 3.63) is 47.3 Å². The molecule has 6 nitrogen and oxygen atoms in total. The van der Waals surface area contributed by atoms with E-state index in [1.54, 1.807) is 0 Å². The van der Waals surface area contributed by atoms with Crippen LogP contribution in [-0.4, -0.2) is 33.4 Å². The lowest BCUT2D eigenvalue weighted by Gasteiger charge is -2.12. The Morgan fingerprint density at radius 2 is 1.88 bits per heavy atom. The lowest BCUT2D eigenvalue weighted by atomic mass is 10.1. The predicted molar refractivity (Wildman–Crippen MR) is 75.9 cm³/mol. The first kappa shape index (κ1) is 17.5. The number of carboxylic acid groups (broad SMARTS) is 1. The molecule has 0 radical (unpaired) electrons. The fraction of sp³-hybridized carbons (Fsp3) is 0.267. The number of carbonyl (C=O) groups is 2. The molecular weight excluding hydrogens is 329 g/mol. The van der Waals surface area contributed by atoms with Crippen molar-refractivity contribution in [1.29, 1.82) is 0 Å². The average molecular weight is 342 g/mol. The summed E-state index contributed by atoms with van der Waals surface area (Å²) < 4.78 is 45.2. The van der Waals surface area contributed by atoms with Gasteiger partial charge in [-0.05, 0) is 24.6 Å². The van der Waals surface area contributed by atoms with Gasteiger partial charge >= 0.3 is 18.1 Å². The number of benzene rings is 1. The van der Waals surface area contributed by atoms with Crippen LogP contribution < -0.4 is 0 Å². The smallest absolute Gasteiger partial charge is 0.434 e. The summed E-state index contributed by atoms with van der Waals surface area (Å²) in [5, 5.41) is 12.3. The van der Waals surface area contributed by atoms with Gasteiger partial charge in [0.1, 0.15) is 5.56 Å². The van der Waals surface area contributed by atoms with Gasteiger partial charge in [0.25, 0.3) is 0 Å². The van der Waals surface area contributed by atoms with Gasteiger partial charge in [-0.3, -0.25) is 4.79 Å². The lowest BCUT2D eigenvalue weighted by Crippen LogP contribution is -2.18. The van der Waals surface area contributed by atoms with Gasteiger partial charge in [0, 0.05) is 0 Å². The number of carbonyl (C=O) groups excluding carboxylic acids is 1. The number of esters is 1. The van der Waals surface area contributed by atoms with E-state index >= 15 is 0 Å². The number of nitrogens with zero attached hydrogens (tertiary/aromatic N) is 2. The number of aliphatic carboxylic acids is 1. The number of carboxylic acids is 1. The molecule has 0 atom stereocenters. The van der Waals surface area contributed by atoms with E-state index in [1.165, 1.54) is 31.2 Å². The summed E-state index contributed by atoms with van der Waals surface area (Å²) in [6.07, 6.45) is -4.27. The molecular formula is C15H13F3N2O4. The van der Waals surface area contributed by atoms with Crippen LogP contribution in [-0.2, 0) is 22.1 Å². The minimum atomic E-state index is -4.82. The maximum Gasteiger partial charge on any atom is 0.434 e. The van der Waals surface area contributed by atoms with Gasteiger partial charge in [-0.15, -0.1) is 0 Å². The van der Waals surface area contributed by atoms with Crippen LogP contribution in [0.1, 0.15) is 28.5 Å². The van der Waals surface area contributed by atoms with E-state index in [0.717, 1.165) is 6.20 Å². The van der Waals surface area contributed by atoms with Crippen LogP contribution in [0.25, 0.3) is 5.69 Å². The Morgan fingerprint density at radius 1 is 1.25 bits per heavy atom. The van der Waals surface area contributed by atoms with E-state index in [0.29, 0.717) is 10.2 Å². The molecule has 1 aromatic heterocycles. The highest BCUT2D eigenvalue weighted by Gasteiger charge is 2.41. The second-order valence-electron chi connectivity index (χ2n) is 4.77. The zero-order valence-electron chi connectivity index (χ0n) is 12.5. The van der Waals surface area contributed by atoms with Crippen LogP contribution in [0.3, 0.4) is 0 Å². The Morgan fingerprint density at radius 3 is 2.38 bits per heavy atom. The standard InChI is InChI=1S/C15H13F3N2O4/c1-2-24-14(23)11-8-19-20(13(11)15(16,17)18)10-5-3-9(4-6-10)7-12(21)22/h3-6,8H,2,7H2,1H3,(H,21,22). The first-order valence-electron chi connectivity index (χ1n) is 6.87. The quantitative estimate of drug-likeness (QED) is 0.845. The summed E-state index contributed by atoms with van der Waals surface area (Å²) in [5.74, 6) is -2.17. The Balaban J connectivity index is 2.47. The molecule has 0 fully saturated rings. The molecule has 1 heterocycles. The first-order chi connectivity index (χ1) is 11.2. The summed E-state index contributed by atoms with van der Waals surface area (Å²) in [6.45, 7) is 1.42. The van der Waals surface area contributed by atoms with Crippen molar-refractivity contribution in [1.82, 2.24) is 9.78 Å². The topological polar surface area (TPSA) is 81.4 Å². The minimum Gasteiger partial charge on any atom is -0.481 e. The molecule has 0 aliphatic carbocycles. The third-order valence-corrected chi connectivity index (χ3v) is 3.07. The highest BCUT2D eigenvalue weighted by atomic mass is 19.4. The van der Waals surface area contributed by atoms with Crippen molar-refractivity contribution in [2.24, 2.45) is 0 Å². The van der Waals surface area contributed by atoms with Crippen molar-refractivity contribution < 1.29 is 32.6 Å². The Bertz CT molecular complexity index is 751. The number of ether oxygens (including phenoxy) is 1. The van der Waals surface area contributed by atoms with Crippen molar-refractivity contribution >= 4 is 11.9 Å². The van der Waals surface area contributed by atoms with E-state index in [4.69, 9.17) is 5.11 Å². The molecule has 0 aliphatic heterocycles. The molecule has 0 saturated heterocycles. The maximum absolute atomic E-state index is 13.3. The van der Waals surface area contributed by atoms with E-state index in [2.05, 4.69) is 9.84 Å². The lowest BCUT2D eigenvalue weighted by molar-refractivity contribution is -0.143. The molecule has 0 bridgehead atoms. The molecule has 0 spiro atoms. The van der Waals surface area contributed by atoms with E-state index < -0.39 is 29.4 Å². The van der Waals surface area contributed by atoms with Gasteiger partial charge in [0.15, 0.2) is 5.69 Å². The number of hydrogen-bond donors (Lipinski definition) is 1. The second-order valence-corrected chi connectivity index (χ2v) is 4.77. The van der Waals surface area contributed by atoms with Gasteiger partial charge in [-0.1, -0.05) is 12.1 Å². The highest BCUT2D eigenvalue weighted by molar-refractivity contribution is 5.90. The SMILES string of the molecule is CCOC(=O)c1cnn(-c2ccc(CC(=O)O)cc2)c1C(F)(F)F. The third kappa shape index (κ3) is 3.73. The summed E-state index contributed by atoms with van der Waals surface area (Å²) in [7, 11) is 0. The Kier molecular flexibility index (Phi) is 4.91. The summed E-state index contributed by atoms with van der Waals surface area (Å²) in [6, 6.07) is 5.37. The monoisotopic (exact) mass is 342 g/mol. The van der Waals surface area contributed by atoms with E-state index in [-0.39, 0.29) is 18.7 Å². The largest absolute Gasteiger partial charge is 0.481 e. The average Bonchev–Trinajstić information content (AvgIpc) is 2.93. The molecule has 0 unspecified atom stereocenters. The molecule has 128 valence electrons. The van der Waals surface area contributed by atoms with Crippen molar-refractivity contribution in [3.63, 3.8) is 0 Å². The van der Waals surface area contributed by atoms with Crippen LogP contribution in [0, 0.1) is 0 Å². The normalized spacial score (nSPS) is 11.3. The van der Waals surface area contributed by atoms with Gasteiger partial charge in [0.05, 0.1) is 24.9 Å². The zero-order valence-corrected chi connectivity index (χ0v) is 12.5. The minimum absolute atomic E-state index is 0.0482. The molecule has 0 saturated carbocycles. The first-order valence-corrected chi connectivity index (χ1v) is 6.87. The Hall–Kier alpha value is -2.84. The summed E-state index contributed by atoms with van der Waals surface area (Å²) in [5.41, 5.74) is -1.45. The van der Waals surface area contributed by atoms with Crippen molar-refractivity contribution in [2.45, 2.75) is 19.5 Å². The molecule has 2 aromatic rings. The highest BCUT2D eigenvalue weighted by Crippen LogP contribution is 2.34. The third-order valence-electron chi connectivity index (χ3n) is 3.07. The molecule has 1 aromatic carbocycles. The zero-order chi connectivity index (χ0) is 17.9. The maximum atomic E-state index is 13.3. The van der Waals surface area contributed by atoms with Crippen LogP contribution in [0.5, 0.6) is 0 Å². The molecule has 24 heavy (non-hydrogen) atoms. The fourth-order valence-electron chi connectivity index (χ4n) is 2.10. The van der Waals surface area contributed by atoms with Crippen molar-refractivity contribution in [2.75, 3.05) is 6.61 Å². The molecule has 0 aliphatic rings. The van der Waals surface area contributed by atoms with Crippen LogP contribution in [0.15, 0.2) is 30.5 Å². The van der Waals surface area contributed by atoms with Crippen molar-refractivity contribution in [3.8, 4) is 5.69 Å². The molecule has 0 amide bonds. The summed E-state index contributed by atoms with van der Waals surface area (Å²) >= 11 is 0. The van der Waals surface area contributed by atoms with Crippen LogP contribution in [0.2, 0.25) is 0 Å². The molecule has 1 N–H and O–H groups in total. The second kappa shape index (κ2) is 6.73. The fourth-order valence-corrected chi connectivity index (χ4v) is 2.10. The Labute approximate surface area is 134 Å². The van der Waals surface area contributed by atoms with Gasteiger partial charge in [-0.2, -0.15) is 18.3 Å². The predicted octanol–water partition coefficient (Wildman–Crippen LogP) is 2.69. The van der Waals surface area contributed by atoms with Crippen LogP contribution >= 0.6 is 0 Å². The number of rotatable bonds is 5. The number of hydrogen-bond acceptors (Lipinski definition) is 4. The number of halogens is 3. The van der Waals surface area contributed by atoms with Gasteiger partial charge in [0.2, 0.25) is 0 Å². The molecule has 2 rings (SSSR count). The van der Waals surface area contributed by atoms with E-state index in [1.807, 2.05) is 0 Å². The van der Waals surface area contributed by atoms with Gasteiger partial charge in [-0.25, -0.2) is 9.48 Å². The van der Waals surface area contributed by atoms with E-state index in [9.17, 15) is 22.8 Å². The van der Waals surface area contributed by atoms with Crippen LogP contribution in [0.4, 0.5) is 13.2 Å². The summed E-state index contributed by atoms with van der Waals surface area (Å²) in [4.78, 5) is 22.3. The number of alkyl halides is 3.